The summed E-state index contributed by atoms with van der Waals surface area (Å²) >= 11 is 1.43. The normalized spacial score (nSPS) is 19.5. The predicted octanol–water partition coefficient (Wildman–Crippen LogP) is 2.58. The molecule has 1 heterocycles. The van der Waals surface area contributed by atoms with Crippen LogP contribution in [0.1, 0.15) is 20.8 Å². The van der Waals surface area contributed by atoms with Crippen molar-refractivity contribution in [3.63, 3.8) is 0 Å². The molecule has 0 aromatic heterocycles. The van der Waals surface area contributed by atoms with E-state index in [1.165, 1.54) is 24.9 Å². The molecule has 0 unspecified atom stereocenters. The molecule has 0 aliphatic carbocycles. The highest BCUT2D eigenvalue weighted by Crippen LogP contribution is 2.39. The molecular weight excluding hydrogens is 480 g/mol. The number of aliphatic hydroxyl groups is 3. The summed E-state index contributed by atoms with van der Waals surface area (Å²) in [4.78, 5) is 26.8. The van der Waals surface area contributed by atoms with Crippen LogP contribution in [0, 0.1) is 5.41 Å². The molecule has 1 aliphatic rings. The minimum Gasteiger partial charge on any atom is -0.387 e. The lowest BCUT2D eigenvalue weighted by Gasteiger charge is -2.28. The molecule has 0 saturated heterocycles. The van der Waals surface area contributed by atoms with E-state index in [1.807, 2.05) is 63.2 Å². The molecule has 2 aromatic rings. The van der Waals surface area contributed by atoms with Crippen molar-refractivity contribution >= 4 is 29.3 Å². The van der Waals surface area contributed by atoms with Gasteiger partial charge in [-0.2, -0.15) is 0 Å². The van der Waals surface area contributed by atoms with E-state index in [-0.39, 0.29) is 11.2 Å². The molecule has 2 amide bonds. The van der Waals surface area contributed by atoms with Gasteiger partial charge in [-0.1, -0.05) is 75.4 Å². The fourth-order valence-corrected chi connectivity index (χ4v) is 4.93. The Labute approximate surface area is 215 Å². The number of hydrogen-bond donors (Lipinski definition) is 5. The van der Waals surface area contributed by atoms with Crippen molar-refractivity contribution in [2.24, 2.45) is 5.41 Å². The van der Waals surface area contributed by atoms with E-state index < -0.39 is 42.3 Å². The van der Waals surface area contributed by atoms with E-state index in [1.54, 1.807) is 12.1 Å². The largest absolute Gasteiger partial charge is 0.387 e. The lowest BCUT2D eigenvalue weighted by atomic mass is 9.94. The molecule has 0 radical (unpaired) electrons. The summed E-state index contributed by atoms with van der Waals surface area (Å²) in [5.74, 6) is -0.927. The predicted molar refractivity (Wildman–Crippen MR) is 141 cm³/mol. The van der Waals surface area contributed by atoms with E-state index in [9.17, 15) is 24.9 Å². The minimum atomic E-state index is -1.72. The fourth-order valence-electron chi connectivity index (χ4n) is 3.74. The highest BCUT2D eigenvalue weighted by molar-refractivity contribution is 7.99. The van der Waals surface area contributed by atoms with Crippen LogP contribution >= 0.6 is 11.8 Å². The molecule has 36 heavy (non-hydrogen) atoms. The van der Waals surface area contributed by atoms with E-state index in [2.05, 4.69) is 10.6 Å². The summed E-state index contributed by atoms with van der Waals surface area (Å²) in [6, 6.07) is 14.5. The van der Waals surface area contributed by atoms with Gasteiger partial charge in [-0.05, 0) is 22.6 Å². The zero-order valence-corrected chi connectivity index (χ0v) is 21.7. The summed E-state index contributed by atoms with van der Waals surface area (Å²) in [6.07, 6.45) is -3.24. The molecule has 2 aromatic carbocycles. The Balaban J connectivity index is 1.71. The van der Waals surface area contributed by atoms with Crippen LogP contribution in [-0.4, -0.2) is 70.5 Å². The standard InChI is InChI=1S/C27H34N2O6S/c1-27(2,3)14-13-20(30)21(31)22(32)23(35-4)26(34)29-19-15-36-24-17(16-9-6-5-7-10-16)11-8-12-18(24)28-25(19)33/h5-14,19-23,30-32H,15H2,1-4H3,(H,28,33)(H,29,34)/t19-,20+,21-,22+,23+/m0/s1. The van der Waals surface area contributed by atoms with Crippen LogP contribution in [0.15, 0.2) is 65.6 Å². The quantitative estimate of drug-likeness (QED) is 0.343. The topological polar surface area (TPSA) is 128 Å². The third-order valence-corrected chi connectivity index (χ3v) is 6.93. The Morgan fingerprint density at radius 3 is 2.44 bits per heavy atom. The first-order chi connectivity index (χ1) is 17.0. The van der Waals surface area contributed by atoms with E-state index in [4.69, 9.17) is 4.74 Å². The molecule has 0 fully saturated rings. The fraction of sp³-hybridized carbons (Fsp3) is 0.407. The van der Waals surface area contributed by atoms with Crippen molar-refractivity contribution in [3.8, 4) is 11.1 Å². The number of ether oxygens (including phenoxy) is 1. The van der Waals surface area contributed by atoms with Crippen molar-refractivity contribution in [2.45, 2.75) is 56.1 Å². The summed E-state index contributed by atoms with van der Waals surface area (Å²) in [6.45, 7) is 5.75. The number of methoxy groups -OCH3 is 1. The smallest absolute Gasteiger partial charge is 0.252 e. The molecule has 0 saturated carbocycles. The third kappa shape index (κ3) is 6.96. The lowest BCUT2D eigenvalue weighted by molar-refractivity contribution is -0.150. The summed E-state index contributed by atoms with van der Waals surface area (Å²) in [5, 5.41) is 36.7. The lowest BCUT2D eigenvalue weighted by Crippen LogP contribution is -2.55. The Bertz CT molecular complexity index is 1090. The maximum atomic E-state index is 13.0. The van der Waals surface area contributed by atoms with Gasteiger partial charge >= 0.3 is 0 Å². The van der Waals surface area contributed by atoms with Crippen molar-refractivity contribution in [1.82, 2.24) is 5.32 Å². The number of amides is 2. The highest BCUT2D eigenvalue weighted by Gasteiger charge is 2.37. The van der Waals surface area contributed by atoms with Crippen LogP contribution in [0.4, 0.5) is 5.69 Å². The number of rotatable bonds is 8. The third-order valence-electron chi connectivity index (χ3n) is 5.70. The van der Waals surface area contributed by atoms with Gasteiger partial charge in [-0.3, -0.25) is 9.59 Å². The Kier molecular flexibility index (Phi) is 9.32. The number of carbonyl (C=O) groups excluding carboxylic acids is 2. The number of carbonyl (C=O) groups is 2. The van der Waals surface area contributed by atoms with Crippen molar-refractivity contribution in [1.29, 1.82) is 0 Å². The second-order valence-electron chi connectivity index (χ2n) is 9.76. The average Bonchev–Trinajstić information content (AvgIpc) is 3.00. The number of anilines is 1. The highest BCUT2D eigenvalue weighted by atomic mass is 32.2. The number of benzene rings is 2. The van der Waals surface area contributed by atoms with Gasteiger partial charge in [0, 0.05) is 17.8 Å². The van der Waals surface area contributed by atoms with Crippen molar-refractivity contribution in [2.75, 3.05) is 18.2 Å². The number of aliphatic hydroxyl groups excluding tert-OH is 3. The first-order valence-electron chi connectivity index (χ1n) is 11.7. The van der Waals surface area contributed by atoms with Crippen LogP contribution in [0.25, 0.3) is 11.1 Å². The SMILES string of the molecule is CO[C@@H](C(=O)N[C@H]1CSc2c(cccc2-c2ccccc2)NC1=O)[C@H](O)[C@@H](O)[C@H](O)C=CC(C)(C)C. The number of allylic oxidation sites excluding steroid dienone is 1. The average molecular weight is 515 g/mol. The van der Waals surface area contributed by atoms with Gasteiger partial charge in [0.05, 0.1) is 5.69 Å². The van der Waals surface area contributed by atoms with Crippen LogP contribution < -0.4 is 10.6 Å². The van der Waals surface area contributed by atoms with Gasteiger partial charge < -0.3 is 30.7 Å². The van der Waals surface area contributed by atoms with Gasteiger partial charge in [-0.15, -0.1) is 11.8 Å². The van der Waals surface area contributed by atoms with Gasteiger partial charge in [0.1, 0.15) is 24.4 Å². The monoisotopic (exact) mass is 514 g/mol. The molecule has 0 bridgehead atoms. The van der Waals surface area contributed by atoms with Gasteiger partial charge in [0.25, 0.3) is 5.91 Å². The Morgan fingerprint density at radius 1 is 1.11 bits per heavy atom. The maximum Gasteiger partial charge on any atom is 0.252 e. The molecular formula is C27H34N2O6S. The van der Waals surface area contributed by atoms with Crippen molar-refractivity contribution < 1.29 is 29.6 Å². The van der Waals surface area contributed by atoms with Crippen LogP contribution in [0.2, 0.25) is 0 Å². The molecule has 5 atom stereocenters. The minimum absolute atomic E-state index is 0.244. The molecule has 1 aliphatic heterocycles. The Hall–Kier alpha value is -2.69. The molecule has 3 rings (SSSR count). The Morgan fingerprint density at radius 2 is 1.81 bits per heavy atom. The number of hydrogen-bond acceptors (Lipinski definition) is 7. The molecule has 8 nitrogen and oxygen atoms in total. The zero-order chi connectivity index (χ0) is 26.5. The maximum absolute atomic E-state index is 13.0. The molecule has 9 heteroatoms. The second kappa shape index (κ2) is 12.0. The van der Waals surface area contributed by atoms with Gasteiger partial charge in [0.2, 0.25) is 5.91 Å². The first kappa shape index (κ1) is 27.9. The van der Waals surface area contributed by atoms with E-state index in [0.717, 1.165) is 16.0 Å². The molecule has 0 spiro atoms. The van der Waals surface area contributed by atoms with E-state index >= 15 is 0 Å². The number of thioether (sulfide) groups is 1. The molecule has 5 N–H and O–H groups in total. The van der Waals surface area contributed by atoms with Gasteiger partial charge in [-0.25, -0.2) is 0 Å². The first-order valence-corrected chi connectivity index (χ1v) is 12.7. The van der Waals surface area contributed by atoms with E-state index in [0.29, 0.717) is 5.69 Å². The van der Waals surface area contributed by atoms with Crippen molar-refractivity contribution in [3.05, 3.63) is 60.7 Å². The zero-order valence-electron chi connectivity index (χ0n) is 20.8. The number of fused-ring (bicyclic) bond motifs is 1. The molecule has 194 valence electrons. The van der Waals surface area contributed by atoms with Gasteiger partial charge in [0.15, 0.2) is 6.10 Å². The summed E-state index contributed by atoms with van der Waals surface area (Å²) in [5.41, 5.74) is 2.38. The summed E-state index contributed by atoms with van der Waals surface area (Å²) in [7, 11) is 1.21. The van der Waals surface area contributed by atoms with Crippen LogP contribution in [-0.2, 0) is 14.3 Å². The second-order valence-corrected chi connectivity index (χ2v) is 10.8. The van der Waals surface area contributed by atoms with Crippen LogP contribution in [0.3, 0.4) is 0 Å². The summed E-state index contributed by atoms with van der Waals surface area (Å²) < 4.78 is 5.14. The number of nitrogens with one attached hydrogen (secondary N) is 2. The van der Waals surface area contributed by atoms with Crippen LogP contribution in [0.5, 0.6) is 0 Å².